The lowest BCUT2D eigenvalue weighted by Crippen LogP contribution is -2.51. The number of Topliss-reactive ketones (excluding diaryl/α,β-unsaturated/α-hetero) is 2. The first kappa shape index (κ1) is 77.7. The summed E-state index contributed by atoms with van der Waals surface area (Å²) < 4.78 is 43.6. The fraction of sp³-hybridized carbons (Fsp3) is 0.627. The molecule has 2 aromatic rings. The van der Waals surface area contributed by atoms with Crippen molar-refractivity contribution in [3.8, 4) is 5.75 Å². The molecule has 0 unspecified atom stereocenters. The van der Waals surface area contributed by atoms with E-state index < -0.39 is 89.2 Å². The molecule has 22 nitrogen and oxygen atoms in total. The summed E-state index contributed by atoms with van der Waals surface area (Å²) in [6.45, 7) is 21.4. The van der Waals surface area contributed by atoms with Crippen molar-refractivity contribution in [2.45, 2.75) is 156 Å². The van der Waals surface area contributed by atoms with E-state index in [1.165, 1.54) is 30.2 Å². The van der Waals surface area contributed by atoms with Crippen LogP contribution in [0.2, 0.25) is 5.02 Å². The van der Waals surface area contributed by atoms with Gasteiger partial charge in [-0.3, -0.25) is 38.4 Å². The number of rotatable bonds is 38. The molecule has 4 N–H and O–H groups in total. The highest BCUT2D eigenvalue weighted by atomic mass is 35.5. The van der Waals surface area contributed by atoms with Crippen molar-refractivity contribution >= 4 is 64.7 Å². The number of methoxy groups -OCH3 is 2. The SMILES string of the molecule is C=CCOC(=O)CCN(CCC(=O)C[C@H](C(=O)N[C@@H](C)C(=O)CCc1ccc([C@@H](C)[C@H](O)[C@@H](C)[C@@H]2C/C=C/C(=O)N[C@@H](Cc3ccc(OC)c(Cl)c3)C(=O)NCC(C)(C)C(=O)O[C@@H](CC(C)C)C(=O)O2)cc1)C(C)C)C(=O)CCOCCOCCOCCOC. The molecular formula is C67H99ClN4O18. The van der Waals surface area contributed by atoms with Gasteiger partial charge in [0, 0.05) is 76.6 Å². The number of halogens is 1. The van der Waals surface area contributed by atoms with Crippen LogP contribution in [0.15, 0.2) is 67.3 Å². The standard InChI is InChI=1S/C67H99ClN4O18/c1-13-30-88-61(77)26-29-72(60(76)27-31-85-34-35-87-37-36-86-33-32-83-11)28-25-51(73)41-52(44(4)5)63(79)70-47(8)55(74)23-19-48-17-21-50(22-18-48)45(6)62(78)46(7)56-15-14-16-59(75)71-54(40-49-20-24-57(84-12)53(68)39-49)64(80)69-42-67(9,10)66(82)90-58(38-43(2)3)65(81)89-56/h13-14,16-18,20-22,24,39,43-47,52,54,56,58,62,78H,1,15,19,23,25-38,40-42H2,2-12H3,(H,69,80)(H,70,79)(H,71,75)/b16-14+/t45-,46+,47+,52+,54+,56+,58+,62+/m1/s1. The average Bonchev–Trinajstić information content (AvgIpc) is 2.94. The van der Waals surface area contributed by atoms with Crippen LogP contribution in [0.3, 0.4) is 0 Å². The van der Waals surface area contributed by atoms with E-state index in [2.05, 4.69) is 22.5 Å². The van der Waals surface area contributed by atoms with Gasteiger partial charge >= 0.3 is 17.9 Å². The molecule has 2 aromatic carbocycles. The van der Waals surface area contributed by atoms with Gasteiger partial charge in [0.15, 0.2) is 11.9 Å². The summed E-state index contributed by atoms with van der Waals surface area (Å²) in [6, 6.07) is 10.4. The van der Waals surface area contributed by atoms with Crippen molar-refractivity contribution in [1.82, 2.24) is 20.9 Å². The second-order valence-electron chi connectivity index (χ2n) is 24.1. The van der Waals surface area contributed by atoms with Crippen LogP contribution in [0.5, 0.6) is 5.75 Å². The van der Waals surface area contributed by atoms with E-state index in [0.29, 0.717) is 55.8 Å². The molecule has 0 bridgehead atoms. The molecule has 23 heteroatoms. The molecule has 8 atom stereocenters. The van der Waals surface area contributed by atoms with E-state index in [9.17, 15) is 48.3 Å². The zero-order valence-electron chi connectivity index (χ0n) is 54.6. The van der Waals surface area contributed by atoms with E-state index in [4.69, 9.17) is 49.5 Å². The third-order valence-corrected chi connectivity index (χ3v) is 15.8. The minimum atomic E-state index is -1.32. The van der Waals surface area contributed by atoms with Crippen molar-refractivity contribution in [1.29, 1.82) is 0 Å². The third-order valence-electron chi connectivity index (χ3n) is 15.5. The van der Waals surface area contributed by atoms with Gasteiger partial charge in [0.2, 0.25) is 23.6 Å². The zero-order valence-corrected chi connectivity index (χ0v) is 55.4. The highest BCUT2D eigenvalue weighted by Gasteiger charge is 2.39. The summed E-state index contributed by atoms with van der Waals surface area (Å²) in [5, 5.41) is 20.6. The summed E-state index contributed by atoms with van der Waals surface area (Å²) >= 11 is 6.39. The number of hydrogen-bond acceptors (Lipinski definition) is 18. The minimum absolute atomic E-state index is 0.000416. The van der Waals surface area contributed by atoms with Crippen LogP contribution in [0, 0.1) is 29.1 Å². The first-order valence-electron chi connectivity index (χ1n) is 31.1. The Balaban J connectivity index is 1.66. The lowest BCUT2D eigenvalue weighted by Gasteiger charge is -2.33. The Morgan fingerprint density at radius 2 is 1.47 bits per heavy atom. The maximum absolute atomic E-state index is 14.0. The second kappa shape index (κ2) is 41.0. The monoisotopic (exact) mass is 1280 g/mol. The van der Waals surface area contributed by atoms with Gasteiger partial charge < -0.3 is 63.9 Å². The number of aliphatic hydroxyl groups excluding tert-OH is 1. The van der Waals surface area contributed by atoms with Crippen LogP contribution in [0.1, 0.15) is 130 Å². The van der Waals surface area contributed by atoms with Crippen LogP contribution in [0.25, 0.3) is 0 Å². The molecule has 1 aliphatic rings. The van der Waals surface area contributed by atoms with Crippen molar-refractivity contribution in [3.05, 3.63) is 89.0 Å². The number of amides is 4. The number of cyclic esters (lactones) is 2. The number of nitrogens with one attached hydrogen (secondary N) is 3. The fourth-order valence-electron chi connectivity index (χ4n) is 9.62. The van der Waals surface area contributed by atoms with E-state index in [0.717, 1.165) is 11.1 Å². The van der Waals surface area contributed by atoms with E-state index >= 15 is 0 Å². The quantitative estimate of drug-likeness (QED) is 0.0232. The minimum Gasteiger partial charge on any atom is -0.495 e. The molecule has 0 saturated heterocycles. The average molecular weight is 1280 g/mol. The number of aryl methyl sites for hydroxylation is 1. The summed E-state index contributed by atoms with van der Waals surface area (Å²) in [7, 11) is 3.07. The molecule has 1 heterocycles. The first-order valence-corrected chi connectivity index (χ1v) is 31.5. The Hall–Kier alpha value is -6.56. The highest BCUT2D eigenvalue weighted by molar-refractivity contribution is 6.32. The number of esters is 3. The Labute approximate surface area is 536 Å². The number of ether oxygens (including phenoxy) is 8. The molecule has 90 heavy (non-hydrogen) atoms. The molecule has 0 radical (unpaired) electrons. The van der Waals surface area contributed by atoms with Crippen LogP contribution in [0.4, 0.5) is 0 Å². The number of benzene rings is 2. The lowest BCUT2D eigenvalue weighted by atomic mass is 9.84. The van der Waals surface area contributed by atoms with Gasteiger partial charge in [0.1, 0.15) is 30.3 Å². The van der Waals surface area contributed by atoms with Crippen molar-refractivity contribution in [3.63, 3.8) is 0 Å². The molecule has 0 saturated carbocycles. The molecular weight excluding hydrogens is 1180 g/mol. The van der Waals surface area contributed by atoms with Crippen LogP contribution in [-0.2, 0) is 89.2 Å². The predicted octanol–water partition coefficient (Wildman–Crippen LogP) is 6.81. The summed E-state index contributed by atoms with van der Waals surface area (Å²) in [5.74, 6) is -6.52. The molecule has 0 fully saturated rings. The number of carbonyl (C=O) groups is 9. The Kier molecular flexibility index (Phi) is 35.4. The highest BCUT2D eigenvalue weighted by Crippen LogP contribution is 2.31. The van der Waals surface area contributed by atoms with Gasteiger partial charge in [-0.2, -0.15) is 0 Å². The number of hydrogen-bond donors (Lipinski definition) is 4. The van der Waals surface area contributed by atoms with Crippen LogP contribution in [-0.4, -0.2) is 180 Å². The molecule has 0 spiro atoms. The van der Waals surface area contributed by atoms with Gasteiger partial charge in [0.25, 0.3) is 0 Å². The van der Waals surface area contributed by atoms with Crippen molar-refractivity contribution < 1.29 is 86.2 Å². The van der Waals surface area contributed by atoms with E-state index in [-0.39, 0.29) is 120 Å². The number of nitrogens with zero attached hydrogens (tertiary/aromatic N) is 1. The van der Waals surface area contributed by atoms with Crippen LogP contribution < -0.4 is 20.7 Å². The van der Waals surface area contributed by atoms with Gasteiger partial charge in [0.05, 0.1) is 88.8 Å². The molecule has 0 aliphatic carbocycles. The number of ketones is 2. The zero-order chi connectivity index (χ0) is 66.9. The molecule has 3 rings (SSSR count). The Morgan fingerprint density at radius 3 is 2.08 bits per heavy atom. The third kappa shape index (κ3) is 28.3. The van der Waals surface area contributed by atoms with E-state index in [1.807, 2.05) is 58.9 Å². The maximum atomic E-state index is 14.0. The molecule has 0 aromatic heterocycles. The van der Waals surface area contributed by atoms with Crippen LogP contribution >= 0.6 is 11.6 Å². The van der Waals surface area contributed by atoms with E-state index in [1.54, 1.807) is 53.0 Å². The van der Waals surface area contributed by atoms with Gasteiger partial charge in [-0.05, 0) is 80.3 Å². The van der Waals surface area contributed by atoms with Gasteiger partial charge in [-0.25, -0.2) is 4.79 Å². The fourth-order valence-corrected chi connectivity index (χ4v) is 9.90. The lowest BCUT2D eigenvalue weighted by molar-refractivity contribution is -0.180. The predicted molar refractivity (Wildman–Crippen MR) is 338 cm³/mol. The molecule has 4 amide bonds. The second-order valence-corrected chi connectivity index (χ2v) is 24.5. The smallest absolute Gasteiger partial charge is 0.347 e. The summed E-state index contributed by atoms with van der Waals surface area (Å²) in [6.07, 6.45) is 0.998. The van der Waals surface area contributed by atoms with Crippen molar-refractivity contribution in [2.75, 3.05) is 86.7 Å². The number of carbonyl (C=O) groups excluding carboxylic acids is 9. The maximum Gasteiger partial charge on any atom is 0.347 e. The Morgan fingerprint density at radius 1 is 0.833 bits per heavy atom. The summed E-state index contributed by atoms with van der Waals surface area (Å²) in [5.41, 5.74) is 0.875. The largest absolute Gasteiger partial charge is 0.495 e. The van der Waals surface area contributed by atoms with Gasteiger partial charge in [-0.15, -0.1) is 0 Å². The first-order chi connectivity index (χ1) is 42.7. The Bertz CT molecular complexity index is 2660. The van der Waals surface area contributed by atoms with Gasteiger partial charge in [-0.1, -0.05) is 102 Å². The summed E-state index contributed by atoms with van der Waals surface area (Å²) in [4.78, 5) is 123. The molecule has 1 aliphatic heterocycles. The normalized spacial score (nSPS) is 18.6. The molecule has 502 valence electrons. The number of aliphatic hydroxyl groups is 1. The topological polar surface area (TPSA) is 287 Å². The van der Waals surface area contributed by atoms with Crippen molar-refractivity contribution in [2.24, 2.45) is 29.1 Å².